The summed E-state index contributed by atoms with van der Waals surface area (Å²) in [5.74, 6) is -0.678. The number of rotatable bonds is 4. The Hall–Kier alpha value is -1.30. The molecule has 1 aliphatic carbocycles. The van der Waals surface area contributed by atoms with Crippen molar-refractivity contribution in [3.8, 4) is 0 Å². The van der Waals surface area contributed by atoms with Crippen molar-refractivity contribution in [1.29, 1.82) is 0 Å². The summed E-state index contributed by atoms with van der Waals surface area (Å²) < 4.78 is 5.31. The van der Waals surface area contributed by atoms with E-state index in [0.29, 0.717) is 12.5 Å². The Labute approximate surface area is 132 Å². The van der Waals surface area contributed by atoms with Crippen LogP contribution in [0.1, 0.15) is 52.9 Å². The van der Waals surface area contributed by atoms with Crippen LogP contribution in [0.2, 0.25) is 0 Å². The lowest BCUT2D eigenvalue weighted by molar-refractivity contribution is -0.138. The molecule has 2 rings (SSSR count). The number of amides is 1. The summed E-state index contributed by atoms with van der Waals surface area (Å²) in [5, 5.41) is 12.0. The van der Waals surface area contributed by atoms with Gasteiger partial charge >= 0.3 is 12.1 Å². The van der Waals surface area contributed by atoms with E-state index < -0.39 is 17.7 Å². The van der Waals surface area contributed by atoms with E-state index in [-0.39, 0.29) is 18.4 Å². The van der Waals surface area contributed by atoms with Crippen LogP contribution in [0.3, 0.4) is 0 Å². The molecular formula is C16H28N2O4. The molecule has 1 saturated carbocycles. The van der Waals surface area contributed by atoms with Gasteiger partial charge in [0.1, 0.15) is 5.60 Å². The predicted molar refractivity (Wildman–Crippen MR) is 82.7 cm³/mol. The smallest absolute Gasteiger partial charge is 0.407 e. The first-order valence-electron chi connectivity index (χ1n) is 8.18. The SMILES string of the molecule is CC(C)(C)OC(=O)NC1CC(CC(=O)O)CN(C2CCC2)C1. The first-order chi connectivity index (χ1) is 10.2. The second kappa shape index (κ2) is 6.86. The molecule has 2 unspecified atom stereocenters. The number of carboxylic acids is 1. The van der Waals surface area contributed by atoms with Gasteiger partial charge in [-0.15, -0.1) is 0 Å². The topological polar surface area (TPSA) is 78.9 Å². The summed E-state index contributed by atoms with van der Waals surface area (Å²) in [7, 11) is 0. The number of hydrogen-bond donors (Lipinski definition) is 2. The summed E-state index contributed by atoms with van der Waals surface area (Å²) in [6.45, 7) is 7.12. The number of carboxylic acid groups (broad SMARTS) is 1. The zero-order chi connectivity index (χ0) is 16.3. The van der Waals surface area contributed by atoms with Gasteiger partial charge in [0.05, 0.1) is 0 Å². The number of piperidine rings is 1. The van der Waals surface area contributed by atoms with Crippen LogP contribution in [0, 0.1) is 5.92 Å². The number of hydrogen-bond acceptors (Lipinski definition) is 4. The summed E-state index contributed by atoms with van der Waals surface area (Å²) in [4.78, 5) is 25.3. The third-order valence-electron chi connectivity index (χ3n) is 4.34. The Morgan fingerprint density at radius 1 is 1.27 bits per heavy atom. The van der Waals surface area contributed by atoms with Crippen LogP contribution in [0.25, 0.3) is 0 Å². The molecule has 2 N–H and O–H groups in total. The molecule has 1 saturated heterocycles. The van der Waals surface area contributed by atoms with Gasteiger partial charge < -0.3 is 15.2 Å². The molecule has 0 aromatic carbocycles. The largest absolute Gasteiger partial charge is 0.481 e. The van der Waals surface area contributed by atoms with Crippen LogP contribution in [0.4, 0.5) is 4.79 Å². The molecule has 1 amide bonds. The number of nitrogens with zero attached hydrogens (tertiary/aromatic N) is 1. The number of ether oxygens (including phenoxy) is 1. The molecule has 126 valence electrons. The van der Waals surface area contributed by atoms with Crippen molar-refractivity contribution in [3.05, 3.63) is 0 Å². The third kappa shape index (κ3) is 5.16. The van der Waals surface area contributed by atoms with E-state index in [1.807, 2.05) is 20.8 Å². The lowest BCUT2D eigenvalue weighted by atomic mass is 9.85. The average molecular weight is 312 g/mol. The number of carbonyl (C=O) groups excluding carboxylic acids is 1. The Bertz CT molecular complexity index is 415. The van der Waals surface area contributed by atoms with E-state index in [1.165, 1.54) is 19.3 Å². The van der Waals surface area contributed by atoms with Gasteiger partial charge in [0.15, 0.2) is 0 Å². The molecule has 2 aliphatic rings. The number of nitrogens with one attached hydrogen (secondary N) is 1. The molecule has 1 heterocycles. The molecule has 2 atom stereocenters. The maximum atomic E-state index is 11.9. The first-order valence-corrected chi connectivity index (χ1v) is 8.18. The van der Waals surface area contributed by atoms with Gasteiger partial charge in [0.25, 0.3) is 0 Å². The van der Waals surface area contributed by atoms with Crippen molar-refractivity contribution in [3.63, 3.8) is 0 Å². The second-order valence-corrected chi connectivity index (χ2v) is 7.58. The molecule has 0 aromatic heterocycles. The van der Waals surface area contributed by atoms with Gasteiger partial charge in [-0.2, -0.15) is 0 Å². The normalized spacial score (nSPS) is 27.0. The van der Waals surface area contributed by atoms with Crippen molar-refractivity contribution < 1.29 is 19.4 Å². The highest BCUT2D eigenvalue weighted by Gasteiger charge is 2.35. The van der Waals surface area contributed by atoms with Gasteiger partial charge in [0.2, 0.25) is 0 Å². The van der Waals surface area contributed by atoms with E-state index in [4.69, 9.17) is 9.84 Å². The first kappa shape index (κ1) is 17.1. The van der Waals surface area contributed by atoms with E-state index in [0.717, 1.165) is 13.1 Å². The molecular weight excluding hydrogens is 284 g/mol. The van der Waals surface area contributed by atoms with Crippen LogP contribution in [0.15, 0.2) is 0 Å². The summed E-state index contributed by atoms with van der Waals surface area (Å²) in [6.07, 6.45) is 4.05. The maximum Gasteiger partial charge on any atom is 0.407 e. The van der Waals surface area contributed by atoms with E-state index in [9.17, 15) is 9.59 Å². The number of aliphatic carboxylic acids is 1. The molecule has 0 radical (unpaired) electrons. The van der Waals surface area contributed by atoms with E-state index in [2.05, 4.69) is 10.2 Å². The highest BCUT2D eigenvalue weighted by Crippen LogP contribution is 2.30. The fraction of sp³-hybridized carbons (Fsp3) is 0.875. The van der Waals surface area contributed by atoms with Crippen molar-refractivity contribution >= 4 is 12.1 Å². The zero-order valence-electron chi connectivity index (χ0n) is 13.8. The van der Waals surface area contributed by atoms with Crippen molar-refractivity contribution in [2.45, 2.75) is 70.6 Å². The van der Waals surface area contributed by atoms with Crippen molar-refractivity contribution in [2.75, 3.05) is 13.1 Å². The fourth-order valence-electron chi connectivity index (χ4n) is 3.26. The fourth-order valence-corrected chi connectivity index (χ4v) is 3.26. The second-order valence-electron chi connectivity index (χ2n) is 7.58. The van der Waals surface area contributed by atoms with Crippen LogP contribution < -0.4 is 5.32 Å². The van der Waals surface area contributed by atoms with Crippen LogP contribution in [0.5, 0.6) is 0 Å². The van der Waals surface area contributed by atoms with Crippen molar-refractivity contribution in [2.24, 2.45) is 5.92 Å². The lowest BCUT2D eigenvalue weighted by Crippen LogP contribution is -2.55. The molecule has 0 aromatic rings. The maximum absolute atomic E-state index is 11.9. The molecule has 6 heteroatoms. The quantitative estimate of drug-likeness (QED) is 0.832. The zero-order valence-corrected chi connectivity index (χ0v) is 13.8. The number of alkyl carbamates (subject to hydrolysis) is 1. The minimum atomic E-state index is -0.767. The lowest BCUT2D eigenvalue weighted by Gasteiger charge is -2.45. The number of carbonyl (C=O) groups is 2. The molecule has 1 aliphatic heterocycles. The number of likely N-dealkylation sites (tertiary alicyclic amines) is 1. The van der Waals surface area contributed by atoms with Gasteiger partial charge in [0, 0.05) is 31.6 Å². The molecule has 0 bridgehead atoms. The Morgan fingerprint density at radius 3 is 2.45 bits per heavy atom. The highest BCUT2D eigenvalue weighted by atomic mass is 16.6. The average Bonchev–Trinajstić information content (AvgIpc) is 2.21. The Kier molecular flexibility index (Phi) is 5.32. The van der Waals surface area contributed by atoms with Gasteiger partial charge in [-0.25, -0.2) is 4.79 Å². The van der Waals surface area contributed by atoms with Crippen molar-refractivity contribution in [1.82, 2.24) is 10.2 Å². The minimum absolute atomic E-state index is 0.0338. The monoisotopic (exact) mass is 312 g/mol. The summed E-state index contributed by atoms with van der Waals surface area (Å²) >= 11 is 0. The van der Waals surface area contributed by atoms with Crippen LogP contribution in [-0.2, 0) is 9.53 Å². The standard InChI is InChI=1S/C16H28N2O4/c1-16(2,3)22-15(21)17-12-7-11(8-14(19)20)9-18(10-12)13-5-4-6-13/h11-13H,4-10H2,1-3H3,(H,17,21)(H,19,20). The van der Waals surface area contributed by atoms with Gasteiger partial charge in [-0.05, 0) is 46.0 Å². The van der Waals surface area contributed by atoms with Gasteiger partial charge in [-0.3, -0.25) is 9.69 Å². The van der Waals surface area contributed by atoms with E-state index in [1.54, 1.807) is 0 Å². The molecule has 22 heavy (non-hydrogen) atoms. The molecule has 6 nitrogen and oxygen atoms in total. The van der Waals surface area contributed by atoms with Crippen LogP contribution in [-0.4, -0.2) is 52.8 Å². The Balaban J connectivity index is 1.93. The van der Waals surface area contributed by atoms with Gasteiger partial charge in [-0.1, -0.05) is 6.42 Å². The predicted octanol–water partition coefficient (Wildman–Crippen LogP) is 2.23. The third-order valence-corrected chi connectivity index (χ3v) is 4.34. The van der Waals surface area contributed by atoms with Crippen LogP contribution >= 0.6 is 0 Å². The highest BCUT2D eigenvalue weighted by molar-refractivity contribution is 5.68. The Morgan fingerprint density at radius 2 is 1.95 bits per heavy atom. The van der Waals surface area contributed by atoms with E-state index >= 15 is 0 Å². The molecule has 2 fully saturated rings. The summed E-state index contributed by atoms with van der Waals surface area (Å²) in [5.41, 5.74) is -0.521. The molecule has 0 spiro atoms. The minimum Gasteiger partial charge on any atom is -0.481 e. The summed E-state index contributed by atoms with van der Waals surface area (Å²) in [6, 6.07) is 0.521.